The summed E-state index contributed by atoms with van der Waals surface area (Å²) < 4.78 is 15.5. The number of nitrogens with zero attached hydrogens (tertiary/aromatic N) is 1. The number of amides is 2. The summed E-state index contributed by atoms with van der Waals surface area (Å²) in [6.45, 7) is 3.32. The van der Waals surface area contributed by atoms with Crippen molar-refractivity contribution in [1.82, 2.24) is 10.7 Å². The van der Waals surface area contributed by atoms with Gasteiger partial charge in [0.05, 0.1) is 19.4 Å². The Morgan fingerprint density at radius 3 is 2.42 bits per heavy atom. The van der Waals surface area contributed by atoms with Crippen LogP contribution in [0.4, 0.5) is 0 Å². The van der Waals surface area contributed by atoms with Gasteiger partial charge < -0.3 is 19.5 Å². The third kappa shape index (κ3) is 8.99. The molecule has 2 aromatic carbocycles. The zero-order chi connectivity index (χ0) is 22.5. The van der Waals surface area contributed by atoms with Gasteiger partial charge in [-0.25, -0.2) is 10.2 Å². The molecular formula is C22H25N3O6. The van der Waals surface area contributed by atoms with Crippen LogP contribution in [0.15, 0.2) is 53.6 Å². The van der Waals surface area contributed by atoms with Gasteiger partial charge in [-0.3, -0.25) is 9.59 Å². The molecule has 0 atom stereocenters. The Morgan fingerprint density at radius 1 is 0.968 bits per heavy atom. The van der Waals surface area contributed by atoms with Crippen LogP contribution in [0, 0.1) is 6.92 Å². The Morgan fingerprint density at radius 2 is 1.71 bits per heavy atom. The molecule has 164 valence electrons. The maximum absolute atomic E-state index is 11.8. The number of para-hydroxylation sites is 1. The van der Waals surface area contributed by atoms with Gasteiger partial charge in [-0.15, -0.1) is 0 Å². The number of esters is 1. The first-order chi connectivity index (χ1) is 15.0. The highest BCUT2D eigenvalue weighted by Gasteiger charge is 2.07. The molecule has 0 aliphatic heterocycles. The van der Waals surface area contributed by atoms with Crippen molar-refractivity contribution in [3.8, 4) is 11.5 Å². The van der Waals surface area contributed by atoms with Crippen LogP contribution in [0.3, 0.4) is 0 Å². The van der Waals surface area contributed by atoms with Crippen LogP contribution in [0.5, 0.6) is 11.5 Å². The maximum Gasteiger partial charge on any atom is 0.344 e. The molecule has 2 rings (SSSR count). The van der Waals surface area contributed by atoms with Gasteiger partial charge in [0.1, 0.15) is 11.5 Å². The number of hydrogen-bond donors (Lipinski definition) is 2. The average molecular weight is 427 g/mol. The zero-order valence-corrected chi connectivity index (χ0v) is 17.4. The van der Waals surface area contributed by atoms with Crippen molar-refractivity contribution in [3.05, 3.63) is 59.7 Å². The number of ether oxygens (including phenoxy) is 3. The first-order valence-electron chi connectivity index (χ1n) is 9.63. The van der Waals surface area contributed by atoms with Crippen molar-refractivity contribution in [3.63, 3.8) is 0 Å². The third-order valence-corrected chi connectivity index (χ3v) is 3.84. The monoisotopic (exact) mass is 427 g/mol. The van der Waals surface area contributed by atoms with Crippen LogP contribution in [-0.2, 0) is 19.1 Å². The number of nitrogens with one attached hydrogen (secondary N) is 2. The van der Waals surface area contributed by atoms with Gasteiger partial charge in [-0.05, 0) is 55.3 Å². The second kappa shape index (κ2) is 12.6. The van der Waals surface area contributed by atoms with Crippen molar-refractivity contribution in [2.75, 3.05) is 26.4 Å². The van der Waals surface area contributed by atoms with Gasteiger partial charge in [0.2, 0.25) is 0 Å². The molecule has 0 unspecified atom stereocenters. The maximum atomic E-state index is 11.8. The Bertz CT molecular complexity index is 912. The average Bonchev–Trinajstić information content (AvgIpc) is 2.77. The molecule has 0 fully saturated rings. The molecule has 0 aliphatic carbocycles. The van der Waals surface area contributed by atoms with E-state index in [1.54, 1.807) is 37.3 Å². The van der Waals surface area contributed by atoms with Crippen molar-refractivity contribution < 1.29 is 28.6 Å². The number of benzene rings is 2. The molecule has 31 heavy (non-hydrogen) atoms. The molecule has 0 saturated heterocycles. The minimum atomic E-state index is -0.477. The van der Waals surface area contributed by atoms with E-state index in [0.717, 1.165) is 5.56 Å². The van der Waals surface area contributed by atoms with Crippen LogP contribution in [-0.4, -0.2) is 50.4 Å². The fraction of sp³-hybridized carbons (Fsp3) is 0.273. The van der Waals surface area contributed by atoms with Crippen LogP contribution in [0.2, 0.25) is 0 Å². The summed E-state index contributed by atoms with van der Waals surface area (Å²) in [5.41, 5.74) is 3.95. The summed E-state index contributed by atoms with van der Waals surface area (Å²) in [6, 6.07) is 14.1. The SMILES string of the molecule is CCOC(=O)COc1ccc(/C=N\NC(=O)CNC(=O)COc2ccccc2C)cc1. The van der Waals surface area contributed by atoms with E-state index in [1.807, 2.05) is 25.1 Å². The van der Waals surface area contributed by atoms with Gasteiger partial charge in [0, 0.05) is 0 Å². The molecule has 2 N–H and O–H groups in total. The Hall–Kier alpha value is -3.88. The molecule has 0 radical (unpaired) electrons. The molecule has 0 saturated carbocycles. The number of carbonyl (C=O) groups excluding carboxylic acids is 3. The molecule has 9 heteroatoms. The van der Waals surface area contributed by atoms with Crippen LogP contribution in [0.25, 0.3) is 0 Å². The largest absolute Gasteiger partial charge is 0.484 e. The summed E-state index contributed by atoms with van der Waals surface area (Å²) in [5, 5.41) is 6.29. The number of hydrogen-bond acceptors (Lipinski definition) is 7. The predicted octanol–water partition coefficient (Wildman–Crippen LogP) is 1.58. The summed E-state index contributed by atoms with van der Waals surface area (Å²) in [7, 11) is 0. The van der Waals surface area contributed by atoms with Crippen LogP contribution in [0.1, 0.15) is 18.1 Å². The van der Waals surface area contributed by atoms with Crippen molar-refractivity contribution in [1.29, 1.82) is 0 Å². The molecule has 0 heterocycles. The number of carbonyl (C=O) groups is 3. The van der Waals surface area contributed by atoms with E-state index in [2.05, 4.69) is 15.8 Å². The van der Waals surface area contributed by atoms with Crippen molar-refractivity contribution in [2.45, 2.75) is 13.8 Å². The van der Waals surface area contributed by atoms with E-state index in [1.165, 1.54) is 6.21 Å². The number of rotatable bonds is 11. The Labute approximate surface area is 180 Å². The summed E-state index contributed by atoms with van der Waals surface area (Å²) >= 11 is 0. The molecule has 0 spiro atoms. The number of hydrazone groups is 1. The minimum absolute atomic E-state index is 0.168. The van der Waals surface area contributed by atoms with E-state index < -0.39 is 17.8 Å². The molecule has 9 nitrogen and oxygen atoms in total. The summed E-state index contributed by atoms with van der Waals surface area (Å²) in [4.78, 5) is 34.8. The minimum Gasteiger partial charge on any atom is -0.484 e. The van der Waals surface area contributed by atoms with E-state index >= 15 is 0 Å². The third-order valence-electron chi connectivity index (χ3n) is 3.84. The second-order valence-corrected chi connectivity index (χ2v) is 6.29. The van der Waals surface area contributed by atoms with Crippen molar-refractivity contribution in [2.24, 2.45) is 5.10 Å². The smallest absolute Gasteiger partial charge is 0.344 e. The van der Waals surface area contributed by atoms with Gasteiger partial charge in [0.25, 0.3) is 11.8 Å². The lowest BCUT2D eigenvalue weighted by Crippen LogP contribution is -2.37. The first kappa shape index (κ1) is 23.4. The normalized spacial score (nSPS) is 10.4. The van der Waals surface area contributed by atoms with Crippen molar-refractivity contribution >= 4 is 24.0 Å². The molecule has 0 bridgehead atoms. The standard InChI is InChI=1S/C22H25N3O6/c1-3-29-22(28)15-30-18-10-8-17(9-11-18)12-24-25-20(26)13-23-21(27)14-31-19-7-5-4-6-16(19)2/h4-12H,3,13-15H2,1-2H3,(H,23,27)(H,25,26)/b24-12-. The molecule has 0 aliphatic rings. The quantitative estimate of drug-likeness (QED) is 0.320. The lowest BCUT2D eigenvalue weighted by molar-refractivity contribution is -0.145. The fourth-order valence-electron chi connectivity index (χ4n) is 2.30. The van der Waals surface area contributed by atoms with Crippen LogP contribution >= 0.6 is 0 Å². The Kier molecular flexibility index (Phi) is 9.54. The topological polar surface area (TPSA) is 115 Å². The summed E-state index contributed by atoms with van der Waals surface area (Å²) in [5.74, 6) is -0.214. The van der Waals surface area contributed by atoms with Gasteiger partial charge >= 0.3 is 5.97 Å². The predicted molar refractivity (Wildman–Crippen MR) is 114 cm³/mol. The molecule has 0 aromatic heterocycles. The van der Waals surface area contributed by atoms with E-state index in [-0.39, 0.29) is 19.8 Å². The van der Waals surface area contributed by atoms with Crippen LogP contribution < -0.4 is 20.2 Å². The van der Waals surface area contributed by atoms with E-state index in [9.17, 15) is 14.4 Å². The molecule has 2 amide bonds. The highest BCUT2D eigenvalue weighted by molar-refractivity contribution is 5.86. The van der Waals surface area contributed by atoms with Gasteiger partial charge in [-0.2, -0.15) is 5.10 Å². The van der Waals surface area contributed by atoms with E-state index in [0.29, 0.717) is 23.7 Å². The lowest BCUT2D eigenvalue weighted by atomic mass is 10.2. The second-order valence-electron chi connectivity index (χ2n) is 6.29. The Balaban J connectivity index is 1.66. The first-order valence-corrected chi connectivity index (χ1v) is 9.63. The highest BCUT2D eigenvalue weighted by Crippen LogP contribution is 2.15. The summed E-state index contributed by atoms with van der Waals surface area (Å²) in [6.07, 6.45) is 1.44. The zero-order valence-electron chi connectivity index (χ0n) is 17.4. The molecule has 2 aromatic rings. The number of aryl methyl sites for hydroxylation is 1. The fourth-order valence-corrected chi connectivity index (χ4v) is 2.30. The lowest BCUT2D eigenvalue weighted by Gasteiger charge is -2.08. The van der Waals surface area contributed by atoms with Gasteiger partial charge in [-0.1, -0.05) is 18.2 Å². The highest BCUT2D eigenvalue weighted by atomic mass is 16.6. The van der Waals surface area contributed by atoms with Gasteiger partial charge in [0.15, 0.2) is 13.2 Å². The van der Waals surface area contributed by atoms with E-state index in [4.69, 9.17) is 14.2 Å². The molecular weight excluding hydrogens is 402 g/mol.